The van der Waals surface area contributed by atoms with Crippen LogP contribution in [-0.4, -0.2) is 12.1 Å². The van der Waals surface area contributed by atoms with Gasteiger partial charge in [-0.05, 0) is 17.7 Å². The molecule has 0 atom stereocenters. The highest BCUT2D eigenvalue weighted by Crippen LogP contribution is 2.25. The van der Waals surface area contributed by atoms with Crippen LogP contribution in [0, 0.1) is 0 Å². The topological polar surface area (TPSA) is 74.2 Å². The summed E-state index contributed by atoms with van der Waals surface area (Å²) in [7, 11) is 1.61. The summed E-state index contributed by atoms with van der Waals surface area (Å²) in [5.74, 6) is 0.701. The first-order valence-corrected chi connectivity index (χ1v) is 5.63. The zero-order valence-corrected chi connectivity index (χ0v) is 9.75. The minimum atomic E-state index is 0.594. The second-order valence-electron chi connectivity index (χ2n) is 3.42. The highest BCUT2D eigenvalue weighted by Gasteiger charge is 2.04. The van der Waals surface area contributed by atoms with Gasteiger partial charge in [-0.2, -0.15) is 0 Å². The number of methoxy groups -OCH3 is 1. The first kappa shape index (κ1) is 10.8. The summed E-state index contributed by atoms with van der Waals surface area (Å²) in [6.45, 7) is 0. The van der Waals surface area contributed by atoms with Crippen molar-refractivity contribution in [1.29, 1.82) is 0 Å². The van der Waals surface area contributed by atoms with Gasteiger partial charge in [0.15, 0.2) is 5.13 Å². The Bertz CT molecular complexity index is 496. The van der Waals surface area contributed by atoms with Crippen LogP contribution in [0.5, 0.6) is 5.75 Å². The van der Waals surface area contributed by atoms with Gasteiger partial charge in [0.25, 0.3) is 0 Å². The smallest absolute Gasteiger partial charge is 0.180 e. The summed E-state index contributed by atoms with van der Waals surface area (Å²) in [6, 6.07) is 5.77. The fourth-order valence-electron chi connectivity index (χ4n) is 1.50. The molecule has 5 heteroatoms. The van der Waals surface area contributed by atoms with E-state index < -0.39 is 0 Å². The van der Waals surface area contributed by atoms with Crippen molar-refractivity contribution in [1.82, 2.24) is 4.98 Å². The van der Waals surface area contributed by atoms with Crippen LogP contribution in [0.25, 0.3) is 0 Å². The van der Waals surface area contributed by atoms with Gasteiger partial charge in [0.1, 0.15) is 5.75 Å². The molecule has 1 heterocycles. The van der Waals surface area contributed by atoms with E-state index in [-0.39, 0.29) is 0 Å². The van der Waals surface area contributed by atoms with Crippen molar-refractivity contribution in [3.63, 3.8) is 0 Å². The molecule has 0 saturated carbocycles. The van der Waals surface area contributed by atoms with E-state index in [1.54, 1.807) is 13.3 Å². The van der Waals surface area contributed by atoms with E-state index in [4.69, 9.17) is 16.2 Å². The van der Waals surface area contributed by atoms with Crippen molar-refractivity contribution in [3.05, 3.63) is 34.8 Å². The van der Waals surface area contributed by atoms with Gasteiger partial charge in [0.2, 0.25) is 0 Å². The zero-order valence-electron chi connectivity index (χ0n) is 8.93. The SMILES string of the molecule is COc1ccc(Cc2cnc(N)s2)cc1N. The van der Waals surface area contributed by atoms with Gasteiger partial charge in [-0.25, -0.2) is 4.98 Å². The molecule has 0 spiro atoms. The lowest BCUT2D eigenvalue weighted by atomic mass is 10.1. The minimum absolute atomic E-state index is 0.594. The Balaban J connectivity index is 2.19. The maximum Gasteiger partial charge on any atom is 0.180 e. The standard InChI is InChI=1S/C11H13N3OS/c1-15-10-3-2-7(5-9(10)12)4-8-6-14-11(13)16-8/h2-3,5-6H,4,12H2,1H3,(H2,13,14). The number of hydrogen-bond donors (Lipinski definition) is 2. The maximum atomic E-state index is 5.83. The monoisotopic (exact) mass is 235 g/mol. The molecule has 0 bridgehead atoms. The number of benzene rings is 1. The van der Waals surface area contributed by atoms with Crippen LogP contribution in [-0.2, 0) is 6.42 Å². The molecular weight excluding hydrogens is 222 g/mol. The summed E-state index contributed by atoms with van der Waals surface area (Å²) < 4.78 is 5.10. The van der Waals surface area contributed by atoms with Crippen molar-refractivity contribution in [2.75, 3.05) is 18.6 Å². The van der Waals surface area contributed by atoms with Crippen LogP contribution >= 0.6 is 11.3 Å². The fraction of sp³-hybridized carbons (Fsp3) is 0.182. The molecule has 0 aliphatic heterocycles. The van der Waals surface area contributed by atoms with Crippen LogP contribution in [0.15, 0.2) is 24.4 Å². The average molecular weight is 235 g/mol. The quantitative estimate of drug-likeness (QED) is 0.797. The first-order chi connectivity index (χ1) is 7.69. The van der Waals surface area contributed by atoms with Crippen molar-refractivity contribution in [2.24, 2.45) is 0 Å². The second kappa shape index (κ2) is 4.40. The third-order valence-corrected chi connectivity index (χ3v) is 3.07. The zero-order chi connectivity index (χ0) is 11.5. The van der Waals surface area contributed by atoms with Gasteiger partial charge in [-0.15, -0.1) is 11.3 Å². The van der Waals surface area contributed by atoms with Crippen molar-refractivity contribution in [2.45, 2.75) is 6.42 Å². The lowest BCUT2D eigenvalue weighted by molar-refractivity contribution is 0.417. The number of aromatic nitrogens is 1. The molecule has 4 nitrogen and oxygen atoms in total. The Morgan fingerprint density at radius 3 is 2.75 bits per heavy atom. The first-order valence-electron chi connectivity index (χ1n) is 4.81. The normalized spacial score (nSPS) is 10.3. The molecule has 0 aliphatic rings. The molecular formula is C11H13N3OS. The van der Waals surface area contributed by atoms with E-state index in [0.717, 1.165) is 16.9 Å². The predicted molar refractivity (Wildman–Crippen MR) is 66.7 cm³/mol. The van der Waals surface area contributed by atoms with E-state index in [9.17, 15) is 0 Å². The molecule has 0 unspecified atom stereocenters. The Kier molecular flexibility index (Phi) is 2.96. The number of anilines is 2. The van der Waals surface area contributed by atoms with Crippen LogP contribution in [0.2, 0.25) is 0 Å². The Labute approximate surface area is 97.9 Å². The second-order valence-corrected chi connectivity index (χ2v) is 4.56. The molecule has 4 N–H and O–H groups in total. The van der Waals surface area contributed by atoms with E-state index >= 15 is 0 Å². The molecule has 1 aromatic heterocycles. The third kappa shape index (κ3) is 2.25. The molecule has 0 amide bonds. The Morgan fingerprint density at radius 1 is 1.38 bits per heavy atom. The van der Waals surface area contributed by atoms with E-state index in [1.165, 1.54) is 11.3 Å². The predicted octanol–water partition coefficient (Wildman–Crippen LogP) is 1.91. The molecule has 2 rings (SSSR count). The number of nitrogen functional groups attached to an aromatic ring is 2. The maximum absolute atomic E-state index is 5.83. The molecule has 2 aromatic rings. The van der Waals surface area contributed by atoms with Gasteiger partial charge in [-0.1, -0.05) is 6.07 Å². The molecule has 0 fully saturated rings. The number of nitrogens with two attached hydrogens (primary N) is 2. The number of thiazole rings is 1. The number of hydrogen-bond acceptors (Lipinski definition) is 5. The van der Waals surface area contributed by atoms with Crippen LogP contribution in [0.3, 0.4) is 0 Å². The number of nitrogens with zero attached hydrogens (tertiary/aromatic N) is 1. The molecule has 0 saturated heterocycles. The molecule has 16 heavy (non-hydrogen) atoms. The van der Waals surface area contributed by atoms with Crippen LogP contribution < -0.4 is 16.2 Å². The molecule has 0 radical (unpaired) electrons. The average Bonchev–Trinajstić information content (AvgIpc) is 2.64. The number of ether oxygens (including phenoxy) is 1. The van der Waals surface area contributed by atoms with Crippen molar-refractivity contribution in [3.8, 4) is 5.75 Å². The van der Waals surface area contributed by atoms with Gasteiger partial charge < -0.3 is 16.2 Å². The lowest BCUT2D eigenvalue weighted by Gasteiger charge is -2.06. The van der Waals surface area contributed by atoms with E-state index in [2.05, 4.69) is 4.98 Å². The van der Waals surface area contributed by atoms with Gasteiger partial charge in [0.05, 0.1) is 12.8 Å². The molecule has 1 aromatic carbocycles. The van der Waals surface area contributed by atoms with E-state index in [0.29, 0.717) is 16.6 Å². The van der Waals surface area contributed by atoms with Crippen molar-refractivity contribution < 1.29 is 4.74 Å². The van der Waals surface area contributed by atoms with Crippen LogP contribution in [0.4, 0.5) is 10.8 Å². The molecule has 0 aliphatic carbocycles. The van der Waals surface area contributed by atoms with Gasteiger partial charge in [0, 0.05) is 17.5 Å². The Morgan fingerprint density at radius 2 is 2.19 bits per heavy atom. The fourth-order valence-corrected chi connectivity index (χ4v) is 2.22. The lowest BCUT2D eigenvalue weighted by Crippen LogP contribution is -1.94. The summed E-state index contributed by atoms with van der Waals surface area (Å²) in [4.78, 5) is 5.14. The summed E-state index contributed by atoms with van der Waals surface area (Å²) >= 11 is 1.49. The van der Waals surface area contributed by atoms with E-state index in [1.807, 2.05) is 18.2 Å². The number of rotatable bonds is 3. The highest BCUT2D eigenvalue weighted by molar-refractivity contribution is 7.15. The largest absolute Gasteiger partial charge is 0.495 e. The van der Waals surface area contributed by atoms with Gasteiger partial charge >= 0.3 is 0 Å². The minimum Gasteiger partial charge on any atom is -0.495 e. The third-order valence-electron chi connectivity index (χ3n) is 2.24. The highest BCUT2D eigenvalue weighted by atomic mass is 32.1. The summed E-state index contributed by atoms with van der Waals surface area (Å²) in [6.07, 6.45) is 2.59. The van der Waals surface area contributed by atoms with Crippen LogP contribution in [0.1, 0.15) is 10.4 Å². The summed E-state index contributed by atoms with van der Waals surface area (Å²) in [5.41, 5.74) is 13.2. The van der Waals surface area contributed by atoms with Gasteiger partial charge in [-0.3, -0.25) is 0 Å². The van der Waals surface area contributed by atoms with Crippen molar-refractivity contribution >= 4 is 22.2 Å². The summed E-state index contributed by atoms with van der Waals surface area (Å²) in [5, 5.41) is 0.594. The Hall–Kier alpha value is -1.75. The molecule has 84 valence electrons.